The van der Waals surface area contributed by atoms with Crippen LogP contribution in [-0.2, 0) is 6.54 Å². The molecule has 146 valence electrons. The van der Waals surface area contributed by atoms with E-state index < -0.39 is 18.0 Å². The highest BCUT2D eigenvalue weighted by Gasteiger charge is 2.31. The molecule has 7 nitrogen and oxygen atoms in total. The summed E-state index contributed by atoms with van der Waals surface area (Å²) in [5, 5.41) is 10.6. The van der Waals surface area contributed by atoms with Gasteiger partial charge in [0.15, 0.2) is 11.5 Å². The number of nitrogens with one attached hydrogen (secondary N) is 1. The Bertz CT molecular complexity index is 989. The van der Waals surface area contributed by atoms with Crippen LogP contribution in [0.25, 0.3) is 5.69 Å². The SMILES string of the molecule is Nc1c(C(=O)NCc2ccccc2Cl)nnn1-c1ccc(OC(F)(F)F)cc1. The summed E-state index contributed by atoms with van der Waals surface area (Å²) < 4.78 is 41.6. The molecule has 1 amide bonds. The van der Waals surface area contributed by atoms with Gasteiger partial charge < -0.3 is 15.8 Å². The van der Waals surface area contributed by atoms with Crippen LogP contribution in [-0.4, -0.2) is 27.3 Å². The second kappa shape index (κ2) is 7.77. The van der Waals surface area contributed by atoms with Gasteiger partial charge in [0.25, 0.3) is 5.91 Å². The van der Waals surface area contributed by atoms with Crippen molar-refractivity contribution in [2.75, 3.05) is 5.73 Å². The maximum absolute atomic E-state index is 12.3. The van der Waals surface area contributed by atoms with E-state index in [-0.39, 0.29) is 18.1 Å². The van der Waals surface area contributed by atoms with Gasteiger partial charge in [-0.05, 0) is 35.9 Å². The number of hydrogen-bond acceptors (Lipinski definition) is 5. The van der Waals surface area contributed by atoms with Crippen LogP contribution in [0.1, 0.15) is 16.1 Å². The normalized spacial score (nSPS) is 11.3. The van der Waals surface area contributed by atoms with Gasteiger partial charge in [0.1, 0.15) is 5.75 Å². The van der Waals surface area contributed by atoms with E-state index in [0.717, 1.165) is 16.8 Å². The molecular weight excluding hydrogens is 399 g/mol. The molecule has 11 heteroatoms. The highest BCUT2D eigenvalue weighted by molar-refractivity contribution is 6.31. The molecule has 0 fully saturated rings. The second-order valence-electron chi connectivity index (χ2n) is 5.55. The smallest absolute Gasteiger partial charge is 0.406 e. The van der Waals surface area contributed by atoms with Crippen LogP contribution in [0, 0.1) is 0 Å². The monoisotopic (exact) mass is 411 g/mol. The van der Waals surface area contributed by atoms with Gasteiger partial charge in [-0.3, -0.25) is 4.79 Å². The molecule has 0 aliphatic rings. The Hall–Kier alpha value is -3.27. The maximum Gasteiger partial charge on any atom is 0.573 e. The van der Waals surface area contributed by atoms with Gasteiger partial charge >= 0.3 is 6.36 Å². The molecule has 1 heterocycles. The van der Waals surface area contributed by atoms with Crippen LogP contribution in [0.15, 0.2) is 48.5 Å². The second-order valence-corrected chi connectivity index (χ2v) is 5.96. The highest BCUT2D eigenvalue weighted by Crippen LogP contribution is 2.24. The summed E-state index contributed by atoms with van der Waals surface area (Å²) in [5.74, 6) is -1.03. The zero-order valence-corrected chi connectivity index (χ0v) is 14.8. The van der Waals surface area contributed by atoms with Gasteiger partial charge in [-0.1, -0.05) is 35.0 Å². The minimum absolute atomic E-state index is 0.0684. The molecule has 2 aromatic carbocycles. The molecule has 3 aromatic rings. The Labute approximate surface area is 161 Å². The fourth-order valence-corrected chi connectivity index (χ4v) is 2.53. The van der Waals surface area contributed by atoms with Crippen LogP contribution in [0.4, 0.5) is 19.0 Å². The van der Waals surface area contributed by atoms with E-state index in [4.69, 9.17) is 17.3 Å². The molecule has 0 aliphatic carbocycles. The third kappa shape index (κ3) is 4.52. The Morgan fingerprint density at radius 3 is 2.50 bits per heavy atom. The number of ether oxygens (including phenoxy) is 1. The number of alkyl halides is 3. The predicted molar refractivity (Wildman–Crippen MR) is 95.1 cm³/mol. The first kappa shape index (κ1) is 19.5. The lowest BCUT2D eigenvalue weighted by Gasteiger charge is -2.09. The molecular formula is C17H13ClF3N5O2. The summed E-state index contributed by atoms with van der Waals surface area (Å²) in [7, 11) is 0. The van der Waals surface area contributed by atoms with Crippen LogP contribution >= 0.6 is 11.6 Å². The molecule has 3 rings (SSSR count). The minimum Gasteiger partial charge on any atom is -0.406 e. The number of anilines is 1. The first-order valence-corrected chi connectivity index (χ1v) is 8.21. The number of nitrogens with zero attached hydrogens (tertiary/aromatic N) is 3. The van der Waals surface area contributed by atoms with Crippen molar-refractivity contribution < 1.29 is 22.7 Å². The van der Waals surface area contributed by atoms with Crippen molar-refractivity contribution >= 4 is 23.3 Å². The first-order chi connectivity index (χ1) is 13.2. The maximum atomic E-state index is 12.3. The predicted octanol–water partition coefficient (Wildman–Crippen LogP) is 3.33. The topological polar surface area (TPSA) is 95.1 Å². The van der Waals surface area contributed by atoms with E-state index in [1.54, 1.807) is 24.3 Å². The average molecular weight is 412 g/mol. The van der Waals surface area contributed by atoms with E-state index in [1.807, 2.05) is 0 Å². The zero-order chi connectivity index (χ0) is 20.3. The van der Waals surface area contributed by atoms with E-state index >= 15 is 0 Å². The van der Waals surface area contributed by atoms with Gasteiger partial charge in [-0.25, -0.2) is 0 Å². The summed E-state index contributed by atoms with van der Waals surface area (Å²) in [6.45, 7) is 0.161. The number of benzene rings is 2. The van der Waals surface area contributed by atoms with E-state index in [0.29, 0.717) is 16.3 Å². The Kier molecular flexibility index (Phi) is 5.41. The number of carbonyl (C=O) groups excluding carboxylic acids is 1. The molecule has 28 heavy (non-hydrogen) atoms. The lowest BCUT2D eigenvalue weighted by atomic mass is 10.2. The molecule has 0 saturated carbocycles. The molecule has 0 atom stereocenters. The number of aromatic nitrogens is 3. The number of nitrogen functional groups attached to an aromatic ring is 1. The van der Waals surface area contributed by atoms with Crippen LogP contribution in [0.5, 0.6) is 5.75 Å². The Morgan fingerprint density at radius 1 is 1.18 bits per heavy atom. The number of halogens is 4. The summed E-state index contributed by atoms with van der Waals surface area (Å²) in [6.07, 6.45) is -4.79. The number of carbonyl (C=O) groups is 1. The molecule has 0 bridgehead atoms. The standard InChI is InChI=1S/C17H13ClF3N5O2/c18-13-4-2-1-3-10(13)9-23-16(27)14-15(22)26(25-24-14)11-5-7-12(8-6-11)28-17(19,20)21/h1-8H,9,22H2,(H,23,27). The quantitative estimate of drug-likeness (QED) is 0.671. The zero-order valence-electron chi connectivity index (χ0n) is 14.1. The third-order valence-electron chi connectivity index (χ3n) is 3.63. The van der Waals surface area contributed by atoms with Crippen molar-refractivity contribution in [3.8, 4) is 11.4 Å². The van der Waals surface area contributed by atoms with Crippen LogP contribution in [0.3, 0.4) is 0 Å². The number of amides is 1. The fraction of sp³-hybridized carbons (Fsp3) is 0.118. The van der Waals surface area contributed by atoms with Crippen molar-refractivity contribution in [1.29, 1.82) is 0 Å². The lowest BCUT2D eigenvalue weighted by molar-refractivity contribution is -0.274. The lowest BCUT2D eigenvalue weighted by Crippen LogP contribution is -2.24. The Balaban J connectivity index is 1.72. The van der Waals surface area contributed by atoms with E-state index in [2.05, 4.69) is 20.4 Å². The third-order valence-corrected chi connectivity index (χ3v) is 4.00. The fourth-order valence-electron chi connectivity index (χ4n) is 2.33. The Morgan fingerprint density at radius 2 is 1.86 bits per heavy atom. The largest absolute Gasteiger partial charge is 0.573 e. The number of hydrogen-bond donors (Lipinski definition) is 2. The highest BCUT2D eigenvalue weighted by atomic mass is 35.5. The molecule has 0 spiro atoms. The van der Waals surface area contributed by atoms with Crippen molar-refractivity contribution in [3.63, 3.8) is 0 Å². The van der Waals surface area contributed by atoms with Gasteiger partial charge in [-0.2, -0.15) is 4.68 Å². The van der Waals surface area contributed by atoms with E-state index in [1.165, 1.54) is 12.1 Å². The van der Waals surface area contributed by atoms with Gasteiger partial charge in [0, 0.05) is 11.6 Å². The summed E-state index contributed by atoms with van der Waals surface area (Å²) in [5.41, 5.74) is 6.81. The van der Waals surface area contributed by atoms with Crippen molar-refractivity contribution in [3.05, 3.63) is 64.8 Å². The summed E-state index contributed by atoms with van der Waals surface area (Å²) in [6, 6.07) is 11.8. The molecule has 0 aliphatic heterocycles. The van der Waals surface area contributed by atoms with Gasteiger partial charge in [-0.15, -0.1) is 18.3 Å². The van der Waals surface area contributed by atoms with Crippen molar-refractivity contribution in [1.82, 2.24) is 20.3 Å². The first-order valence-electron chi connectivity index (χ1n) is 7.83. The summed E-state index contributed by atoms with van der Waals surface area (Å²) >= 11 is 6.03. The average Bonchev–Trinajstić information content (AvgIpc) is 3.02. The van der Waals surface area contributed by atoms with Crippen LogP contribution < -0.4 is 15.8 Å². The molecule has 3 N–H and O–H groups in total. The van der Waals surface area contributed by atoms with Crippen molar-refractivity contribution in [2.24, 2.45) is 0 Å². The molecule has 0 saturated heterocycles. The van der Waals surface area contributed by atoms with E-state index in [9.17, 15) is 18.0 Å². The minimum atomic E-state index is -4.79. The van der Waals surface area contributed by atoms with Crippen LogP contribution in [0.2, 0.25) is 5.02 Å². The molecule has 1 aromatic heterocycles. The molecule has 0 radical (unpaired) electrons. The number of nitrogens with two attached hydrogens (primary N) is 1. The summed E-state index contributed by atoms with van der Waals surface area (Å²) in [4.78, 5) is 12.3. The van der Waals surface area contributed by atoms with Gasteiger partial charge in [0.2, 0.25) is 0 Å². The molecule has 0 unspecified atom stereocenters. The van der Waals surface area contributed by atoms with Gasteiger partial charge in [0.05, 0.1) is 5.69 Å². The number of rotatable bonds is 5. The van der Waals surface area contributed by atoms with Crippen molar-refractivity contribution in [2.45, 2.75) is 12.9 Å².